The number of hydrogen-bond donors (Lipinski definition) is 1. The predicted molar refractivity (Wildman–Crippen MR) is 84.7 cm³/mol. The second kappa shape index (κ2) is 10.2. The Labute approximate surface area is 124 Å². The summed E-state index contributed by atoms with van der Waals surface area (Å²) in [6.07, 6.45) is 7.48. The Morgan fingerprint density at radius 3 is 2.50 bits per heavy atom. The number of nitrogens with zero attached hydrogens (tertiary/aromatic N) is 2. The molecule has 0 radical (unpaired) electrons. The van der Waals surface area contributed by atoms with Crippen molar-refractivity contribution in [3.8, 4) is 0 Å². The van der Waals surface area contributed by atoms with E-state index in [2.05, 4.69) is 18.7 Å². The fourth-order valence-corrected chi connectivity index (χ4v) is 3.14. The van der Waals surface area contributed by atoms with Gasteiger partial charge in [-0.05, 0) is 58.2 Å². The van der Waals surface area contributed by atoms with Crippen LogP contribution in [0.3, 0.4) is 0 Å². The topological polar surface area (TPSA) is 49.6 Å². The van der Waals surface area contributed by atoms with Crippen LogP contribution >= 0.6 is 0 Å². The van der Waals surface area contributed by atoms with Crippen molar-refractivity contribution in [3.63, 3.8) is 0 Å². The van der Waals surface area contributed by atoms with Gasteiger partial charge in [-0.15, -0.1) is 0 Å². The molecule has 1 atom stereocenters. The molecule has 0 spiro atoms. The average molecular weight is 283 g/mol. The summed E-state index contributed by atoms with van der Waals surface area (Å²) >= 11 is 0. The van der Waals surface area contributed by atoms with Crippen molar-refractivity contribution in [3.05, 3.63) is 0 Å². The Bertz CT molecular complexity index is 264. The Morgan fingerprint density at radius 1 is 1.20 bits per heavy atom. The first-order chi connectivity index (χ1) is 9.72. The molecule has 1 fully saturated rings. The van der Waals surface area contributed by atoms with E-state index >= 15 is 0 Å². The van der Waals surface area contributed by atoms with E-state index in [9.17, 15) is 4.79 Å². The number of hydrogen-bond acceptors (Lipinski definition) is 3. The quantitative estimate of drug-likeness (QED) is 0.706. The second-order valence-electron chi connectivity index (χ2n) is 5.92. The van der Waals surface area contributed by atoms with E-state index in [4.69, 9.17) is 5.73 Å². The monoisotopic (exact) mass is 283 g/mol. The lowest BCUT2D eigenvalue weighted by atomic mass is 10.0. The average Bonchev–Trinajstić information content (AvgIpc) is 2.47. The van der Waals surface area contributed by atoms with Gasteiger partial charge < -0.3 is 15.5 Å². The molecule has 1 aliphatic rings. The van der Waals surface area contributed by atoms with Crippen LogP contribution in [0.15, 0.2) is 0 Å². The number of amides is 1. The van der Waals surface area contributed by atoms with Crippen LogP contribution in [0.25, 0.3) is 0 Å². The van der Waals surface area contributed by atoms with Gasteiger partial charge in [0.2, 0.25) is 5.91 Å². The van der Waals surface area contributed by atoms with Crippen LogP contribution < -0.4 is 5.73 Å². The molecule has 1 amide bonds. The van der Waals surface area contributed by atoms with Crippen molar-refractivity contribution in [2.75, 3.05) is 32.7 Å². The Kier molecular flexibility index (Phi) is 8.86. The summed E-state index contributed by atoms with van der Waals surface area (Å²) in [6, 6.07) is 0.290. The van der Waals surface area contributed by atoms with Crippen LogP contribution in [0.4, 0.5) is 0 Å². The van der Waals surface area contributed by atoms with Gasteiger partial charge in [0, 0.05) is 25.6 Å². The van der Waals surface area contributed by atoms with E-state index in [0.29, 0.717) is 24.9 Å². The SMILES string of the molecule is CCCN(CCC)CCCC(=O)N1CCCCC1CN. The van der Waals surface area contributed by atoms with Crippen LogP contribution in [0.1, 0.15) is 58.8 Å². The first kappa shape index (κ1) is 17.4. The Balaban J connectivity index is 2.30. The minimum absolute atomic E-state index is 0.290. The predicted octanol–water partition coefficient (Wildman–Crippen LogP) is 2.23. The highest BCUT2D eigenvalue weighted by molar-refractivity contribution is 5.76. The summed E-state index contributed by atoms with van der Waals surface area (Å²) < 4.78 is 0. The molecule has 4 nitrogen and oxygen atoms in total. The van der Waals surface area contributed by atoms with Crippen molar-refractivity contribution in [2.24, 2.45) is 5.73 Å². The number of likely N-dealkylation sites (tertiary alicyclic amines) is 1. The van der Waals surface area contributed by atoms with E-state index in [0.717, 1.165) is 45.4 Å². The number of carbonyl (C=O) groups excluding carboxylic acids is 1. The zero-order chi connectivity index (χ0) is 14.8. The van der Waals surface area contributed by atoms with E-state index in [-0.39, 0.29) is 0 Å². The Morgan fingerprint density at radius 2 is 1.90 bits per heavy atom. The first-order valence-electron chi connectivity index (χ1n) is 8.44. The lowest BCUT2D eigenvalue weighted by Gasteiger charge is -2.35. The molecule has 0 aromatic carbocycles. The van der Waals surface area contributed by atoms with Crippen molar-refractivity contribution in [1.29, 1.82) is 0 Å². The third-order valence-electron chi connectivity index (χ3n) is 4.16. The van der Waals surface area contributed by atoms with Crippen molar-refractivity contribution in [2.45, 2.75) is 64.8 Å². The van der Waals surface area contributed by atoms with Crippen LogP contribution in [0.5, 0.6) is 0 Å². The highest BCUT2D eigenvalue weighted by Crippen LogP contribution is 2.17. The second-order valence-corrected chi connectivity index (χ2v) is 5.92. The molecular weight excluding hydrogens is 250 g/mol. The van der Waals surface area contributed by atoms with Crippen molar-refractivity contribution in [1.82, 2.24) is 9.80 Å². The normalized spacial score (nSPS) is 19.6. The molecule has 1 rings (SSSR count). The highest BCUT2D eigenvalue weighted by Gasteiger charge is 2.24. The Hall–Kier alpha value is -0.610. The highest BCUT2D eigenvalue weighted by atomic mass is 16.2. The molecule has 2 N–H and O–H groups in total. The molecule has 20 heavy (non-hydrogen) atoms. The molecule has 0 aliphatic carbocycles. The molecule has 1 saturated heterocycles. The number of carbonyl (C=O) groups is 1. The van der Waals surface area contributed by atoms with Gasteiger partial charge >= 0.3 is 0 Å². The minimum Gasteiger partial charge on any atom is -0.338 e. The molecule has 0 saturated carbocycles. The van der Waals surface area contributed by atoms with Gasteiger partial charge in [0.05, 0.1) is 0 Å². The summed E-state index contributed by atoms with van der Waals surface area (Å²) in [4.78, 5) is 16.8. The van der Waals surface area contributed by atoms with E-state index in [1.807, 2.05) is 4.90 Å². The summed E-state index contributed by atoms with van der Waals surface area (Å²) in [6.45, 7) is 9.31. The lowest BCUT2D eigenvalue weighted by molar-refractivity contribution is -0.134. The molecule has 1 heterocycles. The molecular formula is C16H33N3O. The molecule has 0 aromatic rings. The fourth-order valence-electron chi connectivity index (χ4n) is 3.14. The fraction of sp³-hybridized carbons (Fsp3) is 0.938. The van der Waals surface area contributed by atoms with Crippen molar-refractivity contribution >= 4 is 5.91 Å². The number of nitrogens with two attached hydrogens (primary N) is 1. The van der Waals surface area contributed by atoms with E-state index < -0.39 is 0 Å². The van der Waals surface area contributed by atoms with E-state index in [1.54, 1.807) is 0 Å². The summed E-state index contributed by atoms with van der Waals surface area (Å²) in [5.74, 6) is 0.313. The van der Waals surface area contributed by atoms with Crippen LogP contribution in [-0.2, 0) is 4.79 Å². The zero-order valence-electron chi connectivity index (χ0n) is 13.4. The van der Waals surface area contributed by atoms with E-state index in [1.165, 1.54) is 19.3 Å². The third-order valence-corrected chi connectivity index (χ3v) is 4.16. The summed E-state index contributed by atoms with van der Waals surface area (Å²) in [5.41, 5.74) is 5.79. The lowest BCUT2D eigenvalue weighted by Crippen LogP contribution is -2.47. The molecule has 1 unspecified atom stereocenters. The maximum absolute atomic E-state index is 12.3. The standard InChI is InChI=1S/C16H33N3O/c1-3-10-18(11-4-2)12-7-9-16(20)19-13-6-5-8-15(19)14-17/h15H,3-14,17H2,1-2H3. The molecule has 118 valence electrons. The van der Waals surface area contributed by atoms with Crippen molar-refractivity contribution < 1.29 is 4.79 Å². The van der Waals surface area contributed by atoms with Crippen LogP contribution in [-0.4, -0.2) is 54.5 Å². The maximum Gasteiger partial charge on any atom is 0.222 e. The molecule has 0 aromatic heterocycles. The smallest absolute Gasteiger partial charge is 0.222 e. The minimum atomic E-state index is 0.290. The third kappa shape index (κ3) is 5.80. The summed E-state index contributed by atoms with van der Waals surface area (Å²) in [5, 5.41) is 0. The van der Waals surface area contributed by atoms with Gasteiger partial charge in [-0.3, -0.25) is 4.79 Å². The maximum atomic E-state index is 12.3. The van der Waals surface area contributed by atoms with Gasteiger partial charge in [-0.2, -0.15) is 0 Å². The van der Waals surface area contributed by atoms with Gasteiger partial charge in [0.15, 0.2) is 0 Å². The zero-order valence-corrected chi connectivity index (χ0v) is 13.4. The van der Waals surface area contributed by atoms with Crippen LogP contribution in [0, 0.1) is 0 Å². The molecule has 1 aliphatic heterocycles. The largest absolute Gasteiger partial charge is 0.338 e. The van der Waals surface area contributed by atoms with Crippen LogP contribution in [0.2, 0.25) is 0 Å². The van der Waals surface area contributed by atoms with Gasteiger partial charge in [-0.1, -0.05) is 13.8 Å². The van der Waals surface area contributed by atoms with Gasteiger partial charge in [0.1, 0.15) is 0 Å². The summed E-state index contributed by atoms with van der Waals surface area (Å²) in [7, 11) is 0. The first-order valence-corrected chi connectivity index (χ1v) is 8.44. The van der Waals surface area contributed by atoms with Gasteiger partial charge in [0.25, 0.3) is 0 Å². The molecule has 4 heteroatoms. The molecule has 0 bridgehead atoms. The number of piperidine rings is 1. The van der Waals surface area contributed by atoms with Gasteiger partial charge in [-0.25, -0.2) is 0 Å². The number of rotatable bonds is 9.